The van der Waals surface area contributed by atoms with Gasteiger partial charge >= 0.3 is 0 Å². The summed E-state index contributed by atoms with van der Waals surface area (Å²) in [7, 11) is -2.14. The van der Waals surface area contributed by atoms with Crippen molar-refractivity contribution >= 4 is 21.6 Å². The number of benzene rings is 1. The van der Waals surface area contributed by atoms with Gasteiger partial charge in [0.05, 0.1) is 11.9 Å². The molecule has 7 nitrogen and oxygen atoms in total. The summed E-state index contributed by atoms with van der Waals surface area (Å²) in [5, 5.41) is 8.56. The maximum atomic E-state index is 12.0. The highest BCUT2D eigenvalue weighted by Crippen LogP contribution is 2.20. The lowest BCUT2D eigenvalue weighted by Gasteiger charge is -2.10. The van der Waals surface area contributed by atoms with Crippen molar-refractivity contribution in [3.63, 3.8) is 0 Å². The van der Waals surface area contributed by atoms with E-state index in [9.17, 15) is 13.2 Å². The highest BCUT2D eigenvalue weighted by molar-refractivity contribution is 7.92. The molecule has 1 heterocycles. The molecular formula is C12H14N4O3S. The standard InChI is InChI=1S/C12H14N4O3S/c1-8-5-9(12(17)13-2)3-4-11(8)16-20(18,19)10-6-14-15-7-10/h3-7,16H,1-2H3,(H,13,17)(H,14,15). The van der Waals surface area contributed by atoms with Gasteiger partial charge in [0.1, 0.15) is 4.90 Å². The normalized spacial score (nSPS) is 11.1. The minimum atomic E-state index is -3.68. The van der Waals surface area contributed by atoms with Crippen molar-refractivity contribution in [1.29, 1.82) is 0 Å². The molecule has 0 unspecified atom stereocenters. The molecule has 2 aromatic rings. The number of carbonyl (C=O) groups is 1. The van der Waals surface area contributed by atoms with Crippen molar-refractivity contribution in [3.05, 3.63) is 41.7 Å². The summed E-state index contributed by atoms with van der Waals surface area (Å²) < 4.78 is 26.5. The van der Waals surface area contributed by atoms with Gasteiger partial charge in [0.25, 0.3) is 15.9 Å². The van der Waals surface area contributed by atoms with Gasteiger partial charge in [-0.15, -0.1) is 0 Å². The van der Waals surface area contributed by atoms with Gasteiger partial charge in [0, 0.05) is 18.8 Å². The highest BCUT2D eigenvalue weighted by atomic mass is 32.2. The number of nitrogens with zero attached hydrogens (tertiary/aromatic N) is 1. The van der Waals surface area contributed by atoms with Gasteiger partial charge < -0.3 is 5.32 Å². The Morgan fingerprint density at radius 3 is 2.65 bits per heavy atom. The lowest BCUT2D eigenvalue weighted by Crippen LogP contribution is -2.18. The Labute approximate surface area is 116 Å². The van der Waals surface area contributed by atoms with Crippen molar-refractivity contribution in [2.24, 2.45) is 0 Å². The molecule has 8 heteroatoms. The third-order valence-electron chi connectivity index (χ3n) is 2.74. The van der Waals surface area contributed by atoms with Gasteiger partial charge in [-0.05, 0) is 30.7 Å². The van der Waals surface area contributed by atoms with Crippen LogP contribution < -0.4 is 10.0 Å². The van der Waals surface area contributed by atoms with Gasteiger partial charge in [-0.1, -0.05) is 0 Å². The van der Waals surface area contributed by atoms with E-state index in [2.05, 4.69) is 20.2 Å². The fourth-order valence-electron chi connectivity index (χ4n) is 1.65. The van der Waals surface area contributed by atoms with Crippen LogP contribution in [0.5, 0.6) is 0 Å². The predicted molar refractivity (Wildman–Crippen MR) is 74.0 cm³/mol. The fraction of sp³-hybridized carbons (Fsp3) is 0.167. The first-order valence-electron chi connectivity index (χ1n) is 5.78. The summed E-state index contributed by atoms with van der Waals surface area (Å²) >= 11 is 0. The third-order valence-corrected chi connectivity index (χ3v) is 4.08. The summed E-state index contributed by atoms with van der Waals surface area (Å²) in [4.78, 5) is 11.5. The Morgan fingerprint density at radius 2 is 2.10 bits per heavy atom. The number of amides is 1. The largest absolute Gasteiger partial charge is 0.355 e. The van der Waals surface area contributed by atoms with Crippen LogP contribution in [-0.4, -0.2) is 31.6 Å². The van der Waals surface area contributed by atoms with Crippen molar-refractivity contribution in [3.8, 4) is 0 Å². The van der Waals surface area contributed by atoms with E-state index in [1.165, 1.54) is 19.4 Å². The Bertz CT molecular complexity index is 723. The van der Waals surface area contributed by atoms with Crippen LogP contribution >= 0.6 is 0 Å². The van der Waals surface area contributed by atoms with E-state index in [1.807, 2.05) is 0 Å². The molecule has 0 aliphatic rings. The Hall–Kier alpha value is -2.35. The molecule has 0 radical (unpaired) electrons. The van der Waals surface area contributed by atoms with E-state index in [1.54, 1.807) is 25.1 Å². The molecule has 0 spiro atoms. The molecule has 0 saturated carbocycles. The van der Waals surface area contributed by atoms with Crippen LogP contribution in [0.15, 0.2) is 35.5 Å². The zero-order valence-corrected chi connectivity index (χ0v) is 11.8. The number of sulfonamides is 1. The number of rotatable bonds is 4. The van der Waals surface area contributed by atoms with Gasteiger partial charge in [0.2, 0.25) is 0 Å². The van der Waals surface area contributed by atoms with Crippen LogP contribution in [0.2, 0.25) is 0 Å². The van der Waals surface area contributed by atoms with Crippen LogP contribution in [-0.2, 0) is 10.0 Å². The SMILES string of the molecule is CNC(=O)c1ccc(NS(=O)(=O)c2cn[nH]c2)c(C)c1. The molecule has 0 atom stereocenters. The summed E-state index contributed by atoms with van der Waals surface area (Å²) in [5.74, 6) is -0.225. The van der Waals surface area contributed by atoms with Crippen LogP contribution in [0.25, 0.3) is 0 Å². The molecule has 20 heavy (non-hydrogen) atoms. The smallest absolute Gasteiger partial charge is 0.265 e. The summed E-state index contributed by atoms with van der Waals surface area (Å²) in [6, 6.07) is 4.72. The maximum Gasteiger partial charge on any atom is 0.265 e. The molecule has 3 N–H and O–H groups in total. The van der Waals surface area contributed by atoms with E-state index >= 15 is 0 Å². The second kappa shape index (κ2) is 5.33. The minimum Gasteiger partial charge on any atom is -0.355 e. The molecule has 1 aromatic carbocycles. The second-order valence-electron chi connectivity index (χ2n) is 4.15. The number of aryl methyl sites for hydroxylation is 1. The second-order valence-corrected chi connectivity index (χ2v) is 5.83. The van der Waals surface area contributed by atoms with Gasteiger partial charge in [-0.2, -0.15) is 5.10 Å². The minimum absolute atomic E-state index is 0.0484. The molecule has 0 bridgehead atoms. The van der Waals surface area contributed by atoms with E-state index < -0.39 is 10.0 Å². The molecule has 1 aromatic heterocycles. The van der Waals surface area contributed by atoms with Gasteiger partial charge in [-0.25, -0.2) is 8.42 Å². The number of H-pyrrole nitrogens is 1. The van der Waals surface area contributed by atoms with Crippen LogP contribution in [0.4, 0.5) is 5.69 Å². The fourth-order valence-corrected chi connectivity index (χ4v) is 2.69. The average molecular weight is 294 g/mol. The first-order chi connectivity index (χ1) is 9.44. The first-order valence-corrected chi connectivity index (χ1v) is 7.26. The Kier molecular flexibility index (Phi) is 3.75. The lowest BCUT2D eigenvalue weighted by atomic mass is 10.1. The third kappa shape index (κ3) is 2.80. The first kappa shape index (κ1) is 14.1. The van der Waals surface area contributed by atoms with E-state index in [0.29, 0.717) is 16.8 Å². The quantitative estimate of drug-likeness (QED) is 0.778. The predicted octanol–water partition coefficient (Wildman–Crippen LogP) is 0.879. The molecule has 2 rings (SSSR count). The number of nitrogens with one attached hydrogen (secondary N) is 3. The number of hydrogen-bond acceptors (Lipinski definition) is 4. The molecule has 0 saturated heterocycles. The zero-order valence-electron chi connectivity index (χ0n) is 11.0. The highest BCUT2D eigenvalue weighted by Gasteiger charge is 2.16. The molecular weight excluding hydrogens is 280 g/mol. The number of carbonyl (C=O) groups excluding carboxylic acids is 1. The Morgan fingerprint density at radius 1 is 1.35 bits per heavy atom. The van der Waals surface area contributed by atoms with Crippen LogP contribution in [0.1, 0.15) is 15.9 Å². The molecule has 0 aliphatic heterocycles. The van der Waals surface area contributed by atoms with E-state index in [-0.39, 0.29) is 10.8 Å². The molecule has 0 fully saturated rings. The zero-order chi connectivity index (χ0) is 14.8. The van der Waals surface area contributed by atoms with Crippen molar-refractivity contribution in [2.45, 2.75) is 11.8 Å². The van der Waals surface area contributed by atoms with E-state index in [4.69, 9.17) is 0 Å². The average Bonchev–Trinajstić information content (AvgIpc) is 2.95. The lowest BCUT2D eigenvalue weighted by molar-refractivity contribution is 0.0963. The topological polar surface area (TPSA) is 104 Å². The summed E-state index contributed by atoms with van der Waals surface area (Å²) in [6.07, 6.45) is 2.51. The summed E-state index contributed by atoms with van der Waals surface area (Å²) in [5.41, 5.74) is 1.54. The van der Waals surface area contributed by atoms with Gasteiger partial charge in [-0.3, -0.25) is 14.6 Å². The number of anilines is 1. The summed E-state index contributed by atoms with van der Waals surface area (Å²) in [6.45, 7) is 1.72. The van der Waals surface area contributed by atoms with Crippen molar-refractivity contribution in [1.82, 2.24) is 15.5 Å². The monoisotopic (exact) mass is 294 g/mol. The van der Waals surface area contributed by atoms with Crippen LogP contribution in [0, 0.1) is 6.92 Å². The van der Waals surface area contributed by atoms with E-state index in [0.717, 1.165) is 0 Å². The molecule has 1 amide bonds. The van der Waals surface area contributed by atoms with Gasteiger partial charge in [0.15, 0.2) is 0 Å². The number of hydrogen-bond donors (Lipinski definition) is 3. The Balaban J connectivity index is 2.29. The number of aromatic nitrogens is 2. The van der Waals surface area contributed by atoms with Crippen LogP contribution in [0.3, 0.4) is 0 Å². The number of aromatic amines is 1. The maximum absolute atomic E-state index is 12.0. The van der Waals surface area contributed by atoms with Crippen molar-refractivity contribution < 1.29 is 13.2 Å². The van der Waals surface area contributed by atoms with Crippen molar-refractivity contribution in [2.75, 3.05) is 11.8 Å². The molecule has 106 valence electrons. The molecule has 0 aliphatic carbocycles.